The van der Waals surface area contributed by atoms with Gasteiger partial charge in [-0.2, -0.15) is 0 Å². The molecule has 4 nitrogen and oxygen atoms in total. The Labute approximate surface area is 122 Å². The van der Waals surface area contributed by atoms with Crippen molar-refractivity contribution in [2.45, 2.75) is 13.8 Å². The van der Waals surface area contributed by atoms with E-state index < -0.39 is 18.8 Å². The standard InChI is InChI=1S/C15H15BFNO3/c1-9-4-3-5-14(10(9)2)18-15(19)12-7-6-11(16(20)21)8-13(12)17/h3-8,20-21H,1-2H3,(H,18,19). The van der Waals surface area contributed by atoms with Crippen molar-refractivity contribution in [2.75, 3.05) is 5.32 Å². The molecule has 108 valence electrons. The first-order chi connectivity index (χ1) is 9.90. The Kier molecular flexibility index (Phi) is 4.40. The van der Waals surface area contributed by atoms with Gasteiger partial charge in [0.15, 0.2) is 0 Å². The molecule has 0 atom stereocenters. The summed E-state index contributed by atoms with van der Waals surface area (Å²) >= 11 is 0. The average Bonchev–Trinajstić information content (AvgIpc) is 2.43. The lowest BCUT2D eigenvalue weighted by atomic mass is 9.80. The Morgan fingerprint density at radius 3 is 2.52 bits per heavy atom. The smallest absolute Gasteiger partial charge is 0.423 e. The fourth-order valence-corrected chi connectivity index (χ4v) is 1.95. The van der Waals surface area contributed by atoms with Crippen LogP contribution in [0.25, 0.3) is 0 Å². The first-order valence-electron chi connectivity index (χ1n) is 6.43. The molecular formula is C15H15BFNO3. The van der Waals surface area contributed by atoms with Crippen LogP contribution in [0.3, 0.4) is 0 Å². The number of rotatable bonds is 3. The van der Waals surface area contributed by atoms with Crippen LogP contribution < -0.4 is 10.8 Å². The number of carbonyl (C=O) groups excluding carboxylic acids is 1. The third-order valence-electron chi connectivity index (χ3n) is 3.39. The Morgan fingerprint density at radius 2 is 1.90 bits per heavy atom. The molecule has 0 unspecified atom stereocenters. The van der Waals surface area contributed by atoms with Crippen molar-refractivity contribution in [3.8, 4) is 0 Å². The average molecular weight is 287 g/mol. The van der Waals surface area contributed by atoms with Crippen molar-refractivity contribution in [1.29, 1.82) is 0 Å². The molecule has 2 aromatic carbocycles. The van der Waals surface area contributed by atoms with E-state index in [2.05, 4.69) is 5.32 Å². The first-order valence-corrected chi connectivity index (χ1v) is 6.43. The van der Waals surface area contributed by atoms with Gasteiger partial charge >= 0.3 is 7.12 Å². The molecule has 0 aromatic heterocycles. The van der Waals surface area contributed by atoms with Crippen molar-refractivity contribution in [2.24, 2.45) is 0 Å². The number of nitrogens with one attached hydrogen (secondary N) is 1. The molecule has 0 spiro atoms. The molecule has 0 saturated carbocycles. The van der Waals surface area contributed by atoms with E-state index in [1.165, 1.54) is 12.1 Å². The monoisotopic (exact) mass is 287 g/mol. The summed E-state index contributed by atoms with van der Waals surface area (Å²) in [5.41, 5.74) is 2.39. The van der Waals surface area contributed by atoms with E-state index in [9.17, 15) is 9.18 Å². The molecule has 6 heteroatoms. The van der Waals surface area contributed by atoms with Crippen LogP contribution in [0.5, 0.6) is 0 Å². The number of carbonyl (C=O) groups is 1. The highest BCUT2D eigenvalue weighted by molar-refractivity contribution is 6.58. The Hall–Kier alpha value is -2.18. The lowest BCUT2D eigenvalue weighted by Gasteiger charge is -2.11. The van der Waals surface area contributed by atoms with Crippen molar-refractivity contribution in [3.63, 3.8) is 0 Å². The summed E-state index contributed by atoms with van der Waals surface area (Å²) < 4.78 is 13.9. The zero-order valence-corrected chi connectivity index (χ0v) is 11.7. The molecule has 2 rings (SSSR count). The number of anilines is 1. The quantitative estimate of drug-likeness (QED) is 0.747. The minimum absolute atomic E-state index is 0.00390. The van der Waals surface area contributed by atoms with Crippen LogP contribution in [0.1, 0.15) is 21.5 Å². The third kappa shape index (κ3) is 3.29. The molecule has 0 aliphatic carbocycles. The maximum Gasteiger partial charge on any atom is 0.488 e. The molecule has 0 heterocycles. The lowest BCUT2D eigenvalue weighted by Crippen LogP contribution is -2.30. The Morgan fingerprint density at radius 1 is 1.19 bits per heavy atom. The van der Waals surface area contributed by atoms with E-state index in [0.29, 0.717) is 5.69 Å². The number of hydrogen-bond donors (Lipinski definition) is 3. The van der Waals surface area contributed by atoms with Crippen LogP contribution >= 0.6 is 0 Å². The molecular weight excluding hydrogens is 272 g/mol. The van der Waals surface area contributed by atoms with Gasteiger partial charge in [-0.05, 0) is 48.6 Å². The molecule has 2 aromatic rings. The summed E-state index contributed by atoms with van der Waals surface area (Å²) in [5.74, 6) is -1.39. The van der Waals surface area contributed by atoms with Gasteiger partial charge in [-0.1, -0.05) is 18.2 Å². The molecule has 0 aliphatic rings. The molecule has 0 bridgehead atoms. The summed E-state index contributed by atoms with van der Waals surface area (Å²) in [4.78, 5) is 12.1. The van der Waals surface area contributed by atoms with Gasteiger partial charge < -0.3 is 15.4 Å². The predicted molar refractivity (Wildman–Crippen MR) is 80.1 cm³/mol. The largest absolute Gasteiger partial charge is 0.488 e. The van der Waals surface area contributed by atoms with E-state index in [-0.39, 0.29) is 11.0 Å². The summed E-state index contributed by atoms with van der Waals surface area (Å²) in [7, 11) is -1.77. The zero-order valence-electron chi connectivity index (χ0n) is 11.7. The summed E-state index contributed by atoms with van der Waals surface area (Å²) in [5, 5.41) is 20.6. The van der Waals surface area contributed by atoms with Crippen LogP contribution in [0.2, 0.25) is 0 Å². The van der Waals surface area contributed by atoms with Crippen LogP contribution in [0.4, 0.5) is 10.1 Å². The molecule has 1 amide bonds. The van der Waals surface area contributed by atoms with Crippen molar-refractivity contribution in [3.05, 3.63) is 58.9 Å². The van der Waals surface area contributed by atoms with Crippen molar-refractivity contribution in [1.82, 2.24) is 0 Å². The molecule has 0 fully saturated rings. The second kappa shape index (κ2) is 6.07. The van der Waals surface area contributed by atoms with Gasteiger partial charge in [0.25, 0.3) is 5.91 Å². The molecule has 0 radical (unpaired) electrons. The highest BCUT2D eigenvalue weighted by atomic mass is 19.1. The number of benzene rings is 2. The number of aryl methyl sites for hydroxylation is 1. The third-order valence-corrected chi connectivity index (χ3v) is 3.39. The second-order valence-corrected chi connectivity index (χ2v) is 4.81. The van der Waals surface area contributed by atoms with Gasteiger partial charge in [0.05, 0.1) is 5.56 Å². The lowest BCUT2D eigenvalue weighted by molar-refractivity contribution is 0.102. The van der Waals surface area contributed by atoms with Crippen LogP contribution in [-0.4, -0.2) is 23.1 Å². The second-order valence-electron chi connectivity index (χ2n) is 4.81. The molecule has 0 aliphatic heterocycles. The minimum Gasteiger partial charge on any atom is -0.423 e. The maximum atomic E-state index is 13.9. The van der Waals surface area contributed by atoms with Gasteiger partial charge in [0, 0.05) is 5.69 Å². The molecule has 3 N–H and O–H groups in total. The maximum absolute atomic E-state index is 13.9. The van der Waals surface area contributed by atoms with E-state index in [1.54, 1.807) is 12.1 Å². The fraction of sp³-hybridized carbons (Fsp3) is 0.133. The Bertz CT molecular complexity index is 689. The number of halogens is 1. The van der Waals surface area contributed by atoms with Gasteiger partial charge in [0.1, 0.15) is 5.82 Å². The van der Waals surface area contributed by atoms with E-state index >= 15 is 0 Å². The predicted octanol–water partition coefficient (Wildman–Crippen LogP) is 1.37. The summed E-state index contributed by atoms with van der Waals surface area (Å²) in [6, 6.07) is 8.92. The van der Waals surface area contributed by atoms with E-state index in [0.717, 1.165) is 17.2 Å². The minimum atomic E-state index is -1.77. The van der Waals surface area contributed by atoms with Crippen molar-refractivity contribution < 1.29 is 19.2 Å². The highest BCUT2D eigenvalue weighted by Gasteiger charge is 2.17. The first kappa shape index (κ1) is 15.2. The Balaban J connectivity index is 2.27. The van der Waals surface area contributed by atoms with Crippen LogP contribution in [0, 0.1) is 19.7 Å². The van der Waals surface area contributed by atoms with Crippen molar-refractivity contribution >= 4 is 24.2 Å². The van der Waals surface area contributed by atoms with Gasteiger partial charge in [-0.3, -0.25) is 4.79 Å². The van der Waals surface area contributed by atoms with Crippen LogP contribution in [-0.2, 0) is 0 Å². The normalized spacial score (nSPS) is 10.3. The van der Waals surface area contributed by atoms with Crippen LogP contribution in [0.15, 0.2) is 36.4 Å². The highest BCUT2D eigenvalue weighted by Crippen LogP contribution is 2.19. The molecule has 0 saturated heterocycles. The van der Waals surface area contributed by atoms with E-state index in [1.807, 2.05) is 19.9 Å². The number of amides is 1. The zero-order chi connectivity index (χ0) is 15.6. The molecule has 21 heavy (non-hydrogen) atoms. The summed E-state index contributed by atoms with van der Waals surface area (Å²) in [6.07, 6.45) is 0. The van der Waals surface area contributed by atoms with Gasteiger partial charge in [-0.25, -0.2) is 4.39 Å². The number of hydrogen-bond acceptors (Lipinski definition) is 3. The SMILES string of the molecule is Cc1cccc(NC(=O)c2ccc(B(O)O)cc2F)c1C. The fourth-order valence-electron chi connectivity index (χ4n) is 1.95. The van der Waals surface area contributed by atoms with Gasteiger partial charge in [0.2, 0.25) is 0 Å². The van der Waals surface area contributed by atoms with E-state index in [4.69, 9.17) is 10.0 Å². The van der Waals surface area contributed by atoms with Gasteiger partial charge in [-0.15, -0.1) is 0 Å². The topological polar surface area (TPSA) is 69.6 Å². The summed E-state index contributed by atoms with van der Waals surface area (Å²) in [6.45, 7) is 3.79.